The molecule has 1 saturated carbocycles. The maximum absolute atomic E-state index is 12.8. The predicted molar refractivity (Wildman–Crippen MR) is 112 cm³/mol. The monoisotopic (exact) mass is 415 g/mol. The molecule has 1 N–H and O–H groups in total. The van der Waals surface area contributed by atoms with Crippen molar-refractivity contribution in [1.82, 2.24) is 14.5 Å². The number of aryl methyl sites for hydroxylation is 1. The molecule has 0 unspecified atom stereocenters. The molecule has 0 radical (unpaired) electrons. The molecule has 0 aromatic carbocycles. The van der Waals surface area contributed by atoms with Gasteiger partial charge in [0.05, 0.1) is 18.3 Å². The maximum atomic E-state index is 12.8. The first-order chi connectivity index (χ1) is 14.1. The van der Waals surface area contributed by atoms with Crippen LogP contribution in [0.25, 0.3) is 10.2 Å². The van der Waals surface area contributed by atoms with E-state index < -0.39 is 0 Å². The average molecular weight is 416 g/mol. The second-order valence-corrected chi connectivity index (χ2v) is 8.51. The average Bonchev–Trinajstić information content (AvgIpc) is 3.42. The molecule has 0 saturated heterocycles. The topological polar surface area (TPSA) is 86.2 Å². The lowest BCUT2D eigenvalue weighted by Gasteiger charge is -2.28. The lowest BCUT2D eigenvalue weighted by Crippen LogP contribution is -2.41. The fraction of sp³-hybridized carbons (Fsp3) is 0.476. The van der Waals surface area contributed by atoms with Crippen LogP contribution in [-0.4, -0.2) is 15.0 Å². The smallest absolute Gasteiger partial charge is 0.331 e. The zero-order valence-corrected chi connectivity index (χ0v) is 17.2. The van der Waals surface area contributed by atoms with Crippen molar-refractivity contribution in [3.8, 4) is 0 Å². The Morgan fingerprint density at radius 1 is 1.21 bits per heavy atom. The van der Waals surface area contributed by atoms with E-state index in [2.05, 4.69) is 5.32 Å². The van der Waals surface area contributed by atoms with Gasteiger partial charge < -0.3 is 9.73 Å². The Morgan fingerprint density at radius 3 is 2.69 bits per heavy atom. The molecule has 0 spiro atoms. The van der Waals surface area contributed by atoms with Gasteiger partial charge in [-0.25, -0.2) is 4.79 Å². The van der Waals surface area contributed by atoms with Crippen LogP contribution in [0.2, 0.25) is 0 Å². The molecule has 3 heterocycles. The van der Waals surface area contributed by atoms with Gasteiger partial charge in [-0.3, -0.25) is 18.7 Å². The van der Waals surface area contributed by atoms with Gasteiger partial charge in [-0.1, -0.05) is 0 Å². The van der Waals surface area contributed by atoms with Gasteiger partial charge in [0.1, 0.15) is 10.5 Å². The van der Waals surface area contributed by atoms with E-state index in [1.165, 1.54) is 15.9 Å². The number of thiophene rings is 1. The normalized spacial score (nSPS) is 19.5. The van der Waals surface area contributed by atoms with Gasteiger partial charge in [-0.15, -0.1) is 11.3 Å². The molecule has 3 aromatic heterocycles. The number of nitrogens with one attached hydrogen (secondary N) is 1. The first-order valence-electron chi connectivity index (χ1n) is 10.1. The number of aromatic nitrogens is 2. The predicted octanol–water partition coefficient (Wildman–Crippen LogP) is 2.96. The molecule has 3 aromatic rings. The Balaban J connectivity index is 1.40. The molecule has 29 heavy (non-hydrogen) atoms. The summed E-state index contributed by atoms with van der Waals surface area (Å²) < 4.78 is 8.94. The van der Waals surface area contributed by atoms with E-state index in [4.69, 9.17) is 4.42 Å². The highest BCUT2D eigenvalue weighted by molar-refractivity contribution is 7.17. The largest absolute Gasteiger partial charge is 0.467 e. The summed E-state index contributed by atoms with van der Waals surface area (Å²) in [5, 5.41) is 4.79. The number of nitrogens with zero attached hydrogens (tertiary/aromatic N) is 2. The van der Waals surface area contributed by atoms with Crippen molar-refractivity contribution in [1.29, 1.82) is 0 Å². The van der Waals surface area contributed by atoms with Gasteiger partial charge in [0.25, 0.3) is 5.56 Å². The molecule has 0 bridgehead atoms. The van der Waals surface area contributed by atoms with Gasteiger partial charge in [-0.2, -0.15) is 0 Å². The first kappa shape index (κ1) is 19.7. The third-order valence-electron chi connectivity index (χ3n) is 5.83. The molecule has 8 heteroatoms. The summed E-state index contributed by atoms with van der Waals surface area (Å²) in [5.41, 5.74) is 0.297. The Hall–Kier alpha value is -2.61. The number of fused-ring (bicyclic) bond motifs is 1. The minimum Gasteiger partial charge on any atom is -0.467 e. The lowest BCUT2D eigenvalue weighted by molar-refractivity contribution is -0.126. The maximum Gasteiger partial charge on any atom is 0.331 e. The summed E-state index contributed by atoms with van der Waals surface area (Å²) in [5.74, 6) is 0.996. The molecule has 1 aliphatic carbocycles. The second kappa shape index (κ2) is 8.41. The molecular weight excluding hydrogens is 390 g/mol. The fourth-order valence-corrected chi connectivity index (χ4v) is 5.04. The van der Waals surface area contributed by atoms with Crippen molar-refractivity contribution in [3.63, 3.8) is 0 Å². The quantitative estimate of drug-likeness (QED) is 0.671. The van der Waals surface area contributed by atoms with E-state index in [0.717, 1.165) is 37.0 Å². The third kappa shape index (κ3) is 3.94. The van der Waals surface area contributed by atoms with Crippen molar-refractivity contribution in [2.45, 2.75) is 52.2 Å². The van der Waals surface area contributed by atoms with Crippen LogP contribution in [0.3, 0.4) is 0 Å². The standard InChI is InChI=1S/C21H25N3O4S/c1-2-23-17-9-11-29-18(17)20(26)24(21(23)27)13-14-5-7-15(8-6-14)19(25)22-12-16-4-3-10-28-16/h3-4,9-11,14-15H,2,5-8,12-13H2,1H3,(H,22,25). The Kier molecular flexibility index (Phi) is 5.71. The molecule has 0 aliphatic heterocycles. The number of rotatable bonds is 6. The van der Waals surface area contributed by atoms with E-state index in [1.54, 1.807) is 16.9 Å². The number of amides is 1. The van der Waals surface area contributed by atoms with Crippen LogP contribution in [0, 0.1) is 11.8 Å². The van der Waals surface area contributed by atoms with Crippen LogP contribution < -0.4 is 16.6 Å². The van der Waals surface area contributed by atoms with Crippen molar-refractivity contribution >= 4 is 27.5 Å². The highest BCUT2D eigenvalue weighted by Gasteiger charge is 2.27. The van der Waals surface area contributed by atoms with Gasteiger partial charge in [0.15, 0.2) is 0 Å². The van der Waals surface area contributed by atoms with E-state index in [-0.39, 0.29) is 29.0 Å². The lowest BCUT2D eigenvalue weighted by atomic mass is 9.81. The SMILES string of the molecule is CCn1c(=O)n(CC2CCC(C(=O)NCc3ccco3)CC2)c(=O)c2sccc21. The summed E-state index contributed by atoms with van der Waals surface area (Å²) in [7, 11) is 0. The highest BCUT2D eigenvalue weighted by atomic mass is 32.1. The highest BCUT2D eigenvalue weighted by Crippen LogP contribution is 2.30. The number of hydrogen-bond acceptors (Lipinski definition) is 5. The van der Waals surface area contributed by atoms with Crippen LogP contribution in [0.1, 0.15) is 38.4 Å². The molecule has 4 rings (SSSR count). The molecule has 7 nitrogen and oxygen atoms in total. The van der Waals surface area contributed by atoms with Crippen molar-refractivity contribution in [2.75, 3.05) is 0 Å². The fourth-order valence-electron chi connectivity index (χ4n) is 4.20. The van der Waals surface area contributed by atoms with Crippen LogP contribution in [0.5, 0.6) is 0 Å². The summed E-state index contributed by atoms with van der Waals surface area (Å²) >= 11 is 1.38. The number of furan rings is 1. The van der Waals surface area contributed by atoms with Gasteiger partial charge >= 0.3 is 5.69 Å². The van der Waals surface area contributed by atoms with Crippen LogP contribution in [-0.2, 0) is 24.4 Å². The van der Waals surface area contributed by atoms with Gasteiger partial charge in [0, 0.05) is 19.0 Å². The van der Waals surface area contributed by atoms with Crippen LogP contribution in [0.4, 0.5) is 0 Å². The van der Waals surface area contributed by atoms with Crippen molar-refractivity contribution < 1.29 is 9.21 Å². The molecule has 1 aliphatic rings. The summed E-state index contributed by atoms with van der Waals surface area (Å²) in [4.78, 5) is 38.1. The van der Waals surface area contributed by atoms with Gasteiger partial charge in [0.2, 0.25) is 5.91 Å². The van der Waals surface area contributed by atoms with Crippen molar-refractivity contribution in [2.24, 2.45) is 11.8 Å². The van der Waals surface area contributed by atoms with Crippen molar-refractivity contribution in [3.05, 3.63) is 56.4 Å². The minimum absolute atomic E-state index is 0.0231. The minimum atomic E-state index is -0.235. The molecule has 154 valence electrons. The van der Waals surface area contributed by atoms with Gasteiger partial charge in [-0.05, 0) is 62.1 Å². The number of carbonyl (C=O) groups excluding carboxylic acids is 1. The van der Waals surface area contributed by atoms with E-state index in [1.807, 2.05) is 24.4 Å². The summed E-state index contributed by atoms with van der Waals surface area (Å²) in [6.07, 6.45) is 4.80. The molecule has 1 fully saturated rings. The molecule has 1 amide bonds. The van der Waals surface area contributed by atoms with E-state index >= 15 is 0 Å². The van der Waals surface area contributed by atoms with Crippen LogP contribution >= 0.6 is 11.3 Å². The molecule has 0 atom stereocenters. The second-order valence-electron chi connectivity index (χ2n) is 7.59. The summed E-state index contributed by atoms with van der Waals surface area (Å²) in [6, 6.07) is 5.47. The van der Waals surface area contributed by atoms with Crippen LogP contribution in [0.15, 0.2) is 43.8 Å². The third-order valence-corrected chi connectivity index (χ3v) is 6.72. The Morgan fingerprint density at radius 2 is 2.00 bits per heavy atom. The number of carbonyl (C=O) groups is 1. The zero-order chi connectivity index (χ0) is 20.4. The summed E-state index contributed by atoms with van der Waals surface area (Å²) in [6.45, 7) is 3.28. The first-order valence-corrected chi connectivity index (χ1v) is 11.0. The van der Waals surface area contributed by atoms with E-state index in [0.29, 0.717) is 24.3 Å². The van der Waals surface area contributed by atoms with E-state index in [9.17, 15) is 14.4 Å². The molecular formula is C21H25N3O4S. The number of hydrogen-bond donors (Lipinski definition) is 1. The Bertz CT molecular complexity index is 1100. The zero-order valence-electron chi connectivity index (χ0n) is 16.4. The Labute approximate surface area is 172 Å².